The molecule has 5 nitrogen and oxygen atoms in total. The minimum absolute atomic E-state index is 0.400. The lowest BCUT2D eigenvalue weighted by molar-refractivity contribution is -0.139. The molecule has 0 fully saturated rings. The van der Waals surface area contributed by atoms with Crippen LogP contribution in [0.25, 0.3) is 0 Å². The highest BCUT2D eigenvalue weighted by molar-refractivity contribution is 5.77. The van der Waals surface area contributed by atoms with Crippen molar-refractivity contribution in [3.63, 3.8) is 0 Å². The van der Waals surface area contributed by atoms with Gasteiger partial charge >= 0.3 is 5.97 Å². The smallest absolute Gasteiger partial charge is 0.313 e. The van der Waals surface area contributed by atoms with Crippen LogP contribution in [0, 0.1) is 0 Å². The Hall–Kier alpha value is -1.75. The molecule has 0 bridgehead atoms. The molecule has 5 heteroatoms. The van der Waals surface area contributed by atoms with E-state index in [-0.39, 0.29) is 0 Å². The van der Waals surface area contributed by atoms with Crippen molar-refractivity contribution < 1.29 is 24.5 Å². The summed E-state index contributed by atoms with van der Waals surface area (Å²) in [5, 5.41) is 18.0. The highest BCUT2D eigenvalue weighted by Crippen LogP contribution is 2.30. The predicted octanol–water partition coefficient (Wildman–Crippen LogP) is 0.864. The first-order valence-corrected chi connectivity index (χ1v) is 4.69. The van der Waals surface area contributed by atoms with Gasteiger partial charge < -0.3 is 19.7 Å². The SMILES string of the molecule is COc1ccc(OC)c([C@@H](CO)C(=O)O)c1. The van der Waals surface area contributed by atoms with Gasteiger partial charge in [-0.25, -0.2) is 0 Å². The molecule has 0 saturated heterocycles. The third-order valence-corrected chi connectivity index (χ3v) is 2.29. The van der Waals surface area contributed by atoms with Crippen molar-refractivity contribution in [1.82, 2.24) is 0 Å². The quantitative estimate of drug-likeness (QED) is 0.778. The molecule has 0 aliphatic heterocycles. The largest absolute Gasteiger partial charge is 0.497 e. The third kappa shape index (κ3) is 2.43. The summed E-state index contributed by atoms with van der Waals surface area (Å²) >= 11 is 0. The molecule has 1 aromatic rings. The standard InChI is InChI=1S/C11H14O5/c1-15-7-3-4-10(16-2)8(5-7)9(6-12)11(13)14/h3-5,9,12H,6H2,1-2H3,(H,13,14)/t9-/m1/s1. The average Bonchev–Trinajstić information content (AvgIpc) is 2.29. The van der Waals surface area contributed by atoms with Gasteiger partial charge in [0.2, 0.25) is 0 Å². The van der Waals surface area contributed by atoms with E-state index in [4.69, 9.17) is 19.7 Å². The molecule has 88 valence electrons. The van der Waals surface area contributed by atoms with E-state index >= 15 is 0 Å². The normalized spacial score (nSPS) is 11.9. The summed E-state index contributed by atoms with van der Waals surface area (Å²) in [5.74, 6) is -1.17. The molecule has 0 aliphatic rings. The van der Waals surface area contributed by atoms with E-state index in [1.165, 1.54) is 14.2 Å². The summed E-state index contributed by atoms with van der Waals surface area (Å²) < 4.78 is 10.0. The highest BCUT2D eigenvalue weighted by Gasteiger charge is 2.23. The van der Waals surface area contributed by atoms with Crippen LogP contribution in [0.5, 0.6) is 11.5 Å². The molecule has 1 aromatic carbocycles. The molecule has 0 radical (unpaired) electrons. The molecule has 16 heavy (non-hydrogen) atoms. The average molecular weight is 226 g/mol. The number of aliphatic hydroxyl groups excluding tert-OH is 1. The van der Waals surface area contributed by atoms with E-state index in [2.05, 4.69) is 0 Å². The lowest BCUT2D eigenvalue weighted by Crippen LogP contribution is -2.16. The second-order valence-electron chi connectivity index (χ2n) is 3.18. The number of hydrogen-bond acceptors (Lipinski definition) is 4. The van der Waals surface area contributed by atoms with Crippen LogP contribution >= 0.6 is 0 Å². The Balaban J connectivity index is 3.21. The fourth-order valence-electron chi connectivity index (χ4n) is 1.42. The molecule has 0 spiro atoms. The minimum Gasteiger partial charge on any atom is -0.497 e. The summed E-state index contributed by atoms with van der Waals surface area (Å²) in [7, 11) is 2.93. The van der Waals surface area contributed by atoms with Gasteiger partial charge in [0.05, 0.1) is 20.8 Å². The summed E-state index contributed by atoms with van der Waals surface area (Å²) in [6.07, 6.45) is 0. The fourth-order valence-corrected chi connectivity index (χ4v) is 1.42. The Bertz CT molecular complexity index is 375. The zero-order chi connectivity index (χ0) is 12.1. The van der Waals surface area contributed by atoms with Gasteiger partial charge in [0, 0.05) is 5.56 Å². The van der Waals surface area contributed by atoms with Crippen LogP contribution < -0.4 is 9.47 Å². The lowest BCUT2D eigenvalue weighted by Gasteiger charge is -2.14. The number of ether oxygens (including phenoxy) is 2. The zero-order valence-electron chi connectivity index (χ0n) is 9.14. The van der Waals surface area contributed by atoms with E-state index in [1.54, 1.807) is 18.2 Å². The van der Waals surface area contributed by atoms with Crippen molar-refractivity contribution >= 4 is 5.97 Å². The monoisotopic (exact) mass is 226 g/mol. The maximum atomic E-state index is 10.9. The molecule has 0 aliphatic carbocycles. The molecule has 0 unspecified atom stereocenters. The molecule has 1 rings (SSSR count). The molecule has 1 atom stereocenters. The van der Waals surface area contributed by atoms with Crippen molar-refractivity contribution in [3.8, 4) is 11.5 Å². The number of carboxylic acids is 1. The van der Waals surface area contributed by atoms with Gasteiger partial charge in [0.1, 0.15) is 17.4 Å². The lowest BCUT2D eigenvalue weighted by atomic mass is 9.99. The topological polar surface area (TPSA) is 76.0 Å². The van der Waals surface area contributed by atoms with Crippen LogP contribution in [0.3, 0.4) is 0 Å². The van der Waals surface area contributed by atoms with Gasteiger partial charge in [-0.15, -0.1) is 0 Å². The number of benzene rings is 1. The van der Waals surface area contributed by atoms with Gasteiger partial charge in [-0.05, 0) is 18.2 Å². The number of hydrogen-bond donors (Lipinski definition) is 2. The van der Waals surface area contributed by atoms with Gasteiger partial charge in [-0.1, -0.05) is 0 Å². The van der Waals surface area contributed by atoms with Crippen LogP contribution in [0.2, 0.25) is 0 Å². The fraction of sp³-hybridized carbons (Fsp3) is 0.364. The van der Waals surface area contributed by atoms with E-state index in [1.807, 2.05) is 0 Å². The molecular formula is C11H14O5. The molecule has 2 N–H and O–H groups in total. The maximum Gasteiger partial charge on any atom is 0.313 e. The van der Waals surface area contributed by atoms with Gasteiger partial charge in [0.15, 0.2) is 0 Å². The molecule has 0 heterocycles. The van der Waals surface area contributed by atoms with Crippen molar-refractivity contribution in [1.29, 1.82) is 0 Å². The Labute approximate surface area is 93.2 Å². The number of rotatable bonds is 5. The predicted molar refractivity (Wildman–Crippen MR) is 57.0 cm³/mol. The van der Waals surface area contributed by atoms with E-state index < -0.39 is 18.5 Å². The van der Waals surface area contributed by atoms with Crippen molar-refractivity contribution in [2.24, 2.45) is 0 Å². The molecule has 0 amide bonds. The van der Waals surface area contributed by atoms with E-state index in [0.717, 1.165) is 0 Å². The number of carboxylic acid groups (broad SMARTS) is 1. The summed E-state index contributed by atoms with van der Waals surface area (Å²) in [4.78, 5) is 10.9. The molecular weight excluding hydrogens is 212 g/mol. The van der Waals surface area contributed by atoms with Gasteiger partial charge in [0.25, 0.3) is 0 Å². The van der Waals surface area contributed by atoms with Crippen LogP contribution in [-0.4, -0.2) is 37.0 Å². The Morgan fingerprint density at radius 1 is 1.38 bits per heavy atom. The van der Waals surface area contributed by atoms with Crippen LogP contribution in [0.1, 0.15) is 11.5 Å². The Morgan fingerprint density at radius 3 is 2.50 bits per heavy atom. The van der Waals surface area contributed by atoms with Crippen molar-refractivity contribution in [2.75, 3.05) is 20.8 Å². The van der Waals surface area contributed by atoms with Crippen molar-refractivity contribution in [2.45, 2.75) is 5.92 Å². The first-order chi connectivity index (χ1) is 7.63. The van der Waals surface area contributed by atoms with E-state index in [0.29, 0.717) is 17.1 Å². The van der Waals surface area contributed by atoms with Gasteiger partial charge in [-0.3, -0.25) is 4.79 Å². The van der Waals surface area contributed by atoms with E-state index in [9.17, 15) is 4.79 Å². The Kier molecular flexibility index (Phi) is 4.13. The maximum absolute atomic E-state index is 10.9. The first kappa shape index (κ1) is 12.3. The number of methoxy groups -OCH3 is 2. The highest BCUT2D eigenvalue weighted by atomic mass is 16.5. The minimum atomic E-state index is -1.10. The van der Waals surface area contributed by atoms with Gasteiger partial charge in [-0.2, -0.15) is 0 Å². The van der Waals surface area contributed by atoms with Crippen LogP contribution in [-0.2, 0) is 4.79 Å². The second kappa shape index (κ2) is 5.37. The number of carbonyl (C=O) groups is 1. The second-order valence-corrected chi connectivity index (χ2v) is 3.18. The molecule has 0 aromatic heterocycles. The first-order valence-electron chi connectivity index (χ1n) is 4.69. The summed E-state index contributed by atoms with van der Waals surface area (Å²) in [6, 6.07) is 4.83. The third-order valence-electron chi connectivity index (χ3n) is 2.29. The van der Waals surface area contributed by atoms with Crippen molar-refractivity contribution in [3.05, 3.63) is 23.8 Å². The zero-order valence-corrected chi connectivity index (χ0v) is 9.14. The number of aliphatic hydroxyl groups is 1. The Morgan fingerprint density at radius 2 is 2.06 bits per heavy atom. The number of aliphatic carboxylic acids is 1. The van der Waals surface area contributed by atoms with Crippen LogP contribution in [0.15, 0.2) is 18.2 Å². The summed E-state index contributed by atoms with van der Waals surface area (Å²) in [6.45, 7) is -0.487. The van der Waals surface area contributed by atoms with Crippen LogP contribution in [0.4, 0.5) is 0 Å². The molecule has 0 saturated carbocycles. The summed E-state index contributed by atoms with van der Waals surface area (Å²) in [5.41, 5.74) is 0.400.